The van der Waals surface area contributed by atoms with Gasteiger partial charge in [-0.25, -0.2) is 23.1 Å². The zero-order valence-corrected chi connectivity index (χ0v) is 15.6. The van der Waals surface area contributed by atoms with Gasteiger partial charge in [0.25, 0.3) is 0 Å². The predicted molar refractivity (Wildman–Crippen MR) is 95.2 cm³/mol. The van der Waals surface area contributed by atoms with Crippen LogP contribution in [0, 0.1) is 0 Å². The number of benzene rings is 1. The molecule has 0 fully saturated rings. The molecule has 2 heterocycles. The van der Waals surface area contributed by atoms with Crippen LogP contribution in [0.2, 0.25) is 0 Å². The molecule has 0 saturated carbocycles. The average Bonchev–Trinajstić information content (AvgIpc) is 2.86. The van der Waals surface area contributed by atoms with Crippen LogP contribution in [-0.2, 0) is 23.0 Å². The Labute approximate surface area is 148 Å². The van der Waals surface area contributed by atoms with Crippen LogP contribution in [0.25, 0.3) is 0 Å². The molecular formula is C17H22N4O3S. The van der Waals surface area contributed by atoms with E-state index in [1.165, 1.54) is 0 Å². The summed E-state index contributed by atoms with van der Waals surface area (Å²) in [5.41, 5.74) is 1.21. The van der Waals surface area contributed by atoms with Gasteiger partial charge < -0.3 is 9.64 Å². The van der Waals surface area contributed by atoms with Crippen molar-refractivity contribution >= 4 is 16.0 Å². The highest BCUT2D eigenvalue weighted by Crippen LogP contribution is 2.35. The third kappa shape index (κ3) is 3.91. The third-order valence-electron chi connectivity index (χ3n) is 3.89. The number of anilines is 1. The molecule has 0 atom stereocenters. The van der Waals surface area contributed by atoms with Crippen molar-refractivity contribution in [2.45, 2.75) is 37.3 Å². The molecule has 25 heavy (non-hydrogen) atoms. The van der Waals surface area contributed by atoms with Crippen LogP contribution >= 0.6 is 0 Å². The van der Waals surface area contributed by atoms with Gasteiger partial charge in [0.05, 0.1) is 17.1 Å². The second-order valence-corrected chi connectivity index (χ2v) is 8.64. The van der Waals surface area contributed by atoms with Crippen molar-refractivity contribution in [3.63, 3.8) is 0 Å². The summed E-state index contributed by atoms with van der Waals surface area (Å²) in [5, 5.41) is 0. The summed E-state index contributed by atoms with van der Waals surface area (Å²) in [4.78, 5) is 10.4. The molecule has 8 heteroatoms. The quantitative estimate of drug-likeness (QED) is 0.872. The van der Waals surface area contributed by atoms with E-state index < -0.39 is 10.0 Å². The lowest BCUT2D eigenvalue weighted by molar-refractivity contribution is 0.138. The first-order valence-corrected chi connectivity index (χ1v) is 9.45. The minimum Gasteiger partial charge on any atom is -0.487 e. The Hall–Kier alpha value is -2.19. The van der Waals surface area contributed by atoms with E-state index in [4.69, 9.17) is 4.74 Å². The predicted octanol–water partition coefficient (Wildman–Crippen LogP) is 1.73. The van der Waals surface area contributed by atoms with E-state index in [1.807, 2.05) is 27.9 Å². The Kier molecular flexibility index (Phi) is 4.42. The molecule has 0 aliphatic carbocycles. The first kappa shape index (κ1) is 17.6. The fourth-order valence-corrected chi connectivity index (χ4v) is 3.75. The van der Waals surface area contributed by atoms with Gasteiger partial charge in [-0.3, -0.25) is 0 Å². The van der Waals surface area contributed by atoms with E-state index in [0.29, 0.717) is 18.1 Å². The van der Waals surface area contributed by atoms with E-state index in [0.717, 1.165) is 11.3 Å². The molecule has 134 valence electrons. The molecular weight excluding hydrogens is 340 g/mol. The maximum atomic E-state index is 12.6. The number of nitrogens with one attached hydrogen (secondary N) is 1. The minimum absolute atomic E-state index is 0.102. The van der Waals surface area contributed by atoms with Crippen molar-refractivity contribution in [3.8, 4) is 5.75 Å². The number of hydrogen-bond donors (Lipinski definition) is 1. The Morgan fingerprint density at radius 3 is 2.76 bits per heavy atom. The second kappa shape index (κ2) is 6.27. The van der Waals surface area contributed by atoms with Gasteiger partial charge >= 0.3 is 0 Å². The molecule has 0 radical (unpaired) electrons. The molecule has 0 amide bonds. The molecule has 2 aromatic rings. The molecule has 0 bridgehead atoms. The maximum Gasteiger partial charge on any atom is 0.240 e. The average molecular weight is 362 g/mol. The number of hydrogen-bond acceptors (Lipinski definition) is 6. The monoisotopic (exact) mass is 362 g/mol. The molecule has 0 spiro atoms. The maximum absolute atomic E-state index is 12.6. The number of fused-ring (bicyclic) bond motifs is 1. The Balaban J connectivity index is 1.76. The molecule has 7 nitrogen and oxygen atoms in total. The number of nitrogens with zero attached hydrogens (tertiary/aromatic N) is 3. The van der Waals surface area contributed by atoms with Crippen molar-refractivity contribution in [1.29, 1.82) is 0 Å². The summed E-state index contributed by atoms with van der Waals surface area (Å²) >= 11 is 0. The van der Waals surface area contributed by atoms with Gasteiger partial charge in [0.1, 0.15) is 11.4 Å². The van der Waals surface area contributed by atoms with Gasteiger partial charge in [-0.15, -0.1) is 0 Å². The highest BCUT2D eigenvalue weighted by molar-refractivity contribution is 7.89. The van der Waals surface area contributed by atoms with E-state index in [-0.39, 0.29) is 17.0 Å². The molecule has 1 aromatic heterocycles. The molecule has 0 unspecified atom stereocenters. The fraction of sp³-hybridized carbons (Fsp3) is 0.412. The standard InChI is InChI=1S/C17H22N4O3S/c1-17(2)10-12-9-14(5-6-15(12)24-17)25(22,23)19-11-13-7-8-18-16(20-13)21(3)4/h5-9,19H,10-11H2,1-4H3. The van der Waals surface area contributed by atoms with Gasteiger partial charge in [-0.2, -0.15) is 0 Å². The van der Waals surface area contributed by atoms with Crippen molar-refractivity contribution in [3.05, 3.63) is 41.7 Å². The normalized spacial score (nSPS) is 15.5. The van der Waals surface area contributed by atoms with Gasteiger partial charge in [0, 0.05) is 26.7 Å². The van der Waals surface area contributed by atoms with Crippen LogP contribution in [0.15, 0.2) is 35.4 Å². The number of ether oxygens (including phenoxy) is 1. The molecule has 1 aliphatic heterocycles. The third-order valence-corrected chi connectivity index (χ3v) is 5.29. The molecule has 1 aliphatic rings. The number of aromatic nitrogens is 2. The summed E-state index contributed by atoms with van der Waals surface area (Å²) in [5.74, 6) is 1.28. The summed E-state index contributed by atoms with van der Waals surface area (Å²) in [6.45, 7) is 4.07. The van der Waals surface area contributed by atoms with E-state index >= 15 is 0 Å². The van der Waals surface area contributed by atoms with Crippen LogP contribution < -0.4 is 14.4 Å². The SMILES string of the molecule is CN(C)c1nccc(CNS(=O)(=O)c2ccc3c(c2)CC(C)(C)O3)n1. The van der Waals surface area contributed by atoms with E-state index in [2.05, 4.69) is 14.7 Å². The molecule has 3 rings (SSSR count). The summed E-state index contributed by atoms with van der Waals surface area (Å²) in [7, 11) is 0.0315. The Morgan fingerprint density at radius 2 is 2.04 bits per heavy atom. The van der Waals surface area contributed by atoms with Crippen molar-refractivity contribution in [2.75, 3.05) is 19.0 Å². The largest absolute Gasteiger partial charge is 0.487 e. The zero-order chi connectivity index (χ0) is 18.2. The lowest BCUT2D eigenvalue weighted by Crippen LogP contribution is -2.25. The van der Waals surface area contributed by atoms with Crippen molar-refractivity contribution < 1.29 is 13.2 Å². The topological polar surface area (TPSA) is 84.4 Å². The van der Waals surface area contributed by atoms with Crippen LogP contribution in [0.1, 0.15) is 25.1 Å². The summed E-state index contributed by atoms with van der Waals surface area (Å²) < 4.78 is 33.5. The molecule has 1 N–H and O–H groups in total. The Morgan fingerprint density at radius 1 is 1.28 bits per heavy atom. The fourth-order valence-electron chi connectivity index (χ4n) is 2.70. The van der Waals surface area contributed by atoms with Crippen LogP contribution in [0.3, 0.4) is 0 Å². The van der Waals surface area contributed by atoms with Gasteiger partial charge in [-0.05, 0) is 43.7 Å². The van der Waals surface area contributed by atoms with E-state index in [9.17, 15) is 8.42 Å². The summed E-state index contributed by atoms with van der Waals surface area (Å²) in [6, 6.07) is 6.65. The molecule has 0 saturated heterocycles. The smallest absolute Gasteiger partial charge is 0.240 e. The van der Waals surface area contributed by atoms with Gasteiger partial charge in [0.15, 0.2) is 0 Å². The Bertz CT molecular complexity index is 895. The van der Waals surface area contributed by atoms with Gasteiger partial charge in [0.2, 0.25) is 16.0 Å². The van der Waals surface area contributed by atoms with Crippen molar-refractivity contribution in [1.82, 2.24) is 14.7 Å². The molecule has 1 aromatic carbocycles. The van der Waals surface area contributed by atoms with Crippen LogP contribution in [0.4, 0.5) is 5.95 Å². The van der Waals surface area contributed by atoms with Gasteiger partial charge in [-0.1, -0.05) is 0 Å². The highest BCUT2D eigenvalue weighted by atomic mass is 32.2. The number of rotatable bonds is 5. The first-order valence-electron chi connectivity index (χ1n) is 7.97. The van der Waals surface area contributed by atoms with Crippen molar-refractivity contribution in [2.24, 2.45) is 0 Å². The number of sulfonamides is 1. The van der Waals surface area contributed by atoms with E-state index in [1.54, 1.807) is 35.4 Å². The lowest BCUT2D eigenvalue weighted by Gasteiger charge is -2.16. The summed E-state index contributed by atoms with van der Waals surface area (Å²) in [6.07, 6.45) is 2.30. The van der Waals surface area contributed by atoms with Crippen LogP contribution in [-0.4, -0.2) is 38.1 Å². The minimum atomic E-state index is -3.63. The zero-order valence-electron chi connectivity index (χ0n) is 14.8. The second-order valence-electron chi connectivity index (χ2n) is 6.88. The first-order chi connectivity index (χ1) is 11.7. The van der Waals surface area contributed by atoms with Crippen LogP contribution in [0.5, 0.6) is 5.75 Å². The highest BCUT2D eigenvalue weighted by Gasteiger charge is 2.31. The lowest BCUT2D eigenvalue weighted by atomic mass is 10.0.